The minimum atomic E-state index is -0.329. The SMILES string of the molecule is Cc1cc(NC(=O)c2ocnc2C2CC2)nn1-c1cccc(Cl)c1. The van der Waals surface area contributed by atoms with Crippen LogP contribution in [-0.2, 0) is 0 Å². The maximum Gasteiger partial charge on any atom is 0.294 e. The number of nitrogens with zero attached hydrogens (tertiary/aromatic N) is 3. The molecule has 0 bridgehead atoms. The van der Waals surface area contributed by atoms with Crippen LogP contribution >= 0.6 is 11.6 Å². The number of hydrogen-bond donors (Lipinski definition) is 1. The van der Waals surface area contributed by atoms with Gasteiger partial charge in [-0.05, 0) is 38.0 Å². The zero-order chi connectivity index (χ0) is 16.7. The number of rotatable bonds is 4. The van der Waals surface area contributed by atoms with E-state index < -0.39 is 0 Å². The number of benzene rings is 1. The summed E-state index contributed by atoms with van der Waals surface area (Å²) in [6.45, 7) is 1.91. The minimum absolute atomic E-state index is 0.271. The highest BCUT2D eigenvalue weighted by Crippen LogP contribution is 2.40. The van der Waals surface area contributed by atoms with Crippen molar-refractivity contribution in [2.45, 2.75) is 25.7 Å². The number of oxazole rings is 1. The Bertz CT molecular complexity index is 911. The first-order valence-electron chi connectivity index (χ1n) is 7.69. The third-order valence-electron chi connectivity index (χ3n) is 3.95. The van der Waals surface area contributed by atoms with Gasteiger partial charge in [0.05, 0.1) is 11.4 Å². The molecule has 1 aliphatic rings. The molecule has 1 fully saturated rings. The summed E-state index contributed by atoms with van der Waals surface area (Å²) in [5.41, 5.74) is 2.45. The molecule has 0 saturated heterocycles. The van der Waals surface area contributed by atoms with E-state index in [1.807, 2.05) is 25.1 Å². The fourth-order valence-electron chi connectivity index (χ4n) is 2.65. The van der Waals surface area contributed by atoms with Crippen LogP contribution in [0, 0.1) is 6.92 Å². The Kier molecular flexibility index (Phi) is 3.61. The molecule has 24 heavy (non-hydrogen) atoms. The second-order valence-electron chi connectivity index (χ2n) is 5.86. The highest BCUT2D eigenvalue weighted by atomic mass is 35.5. The summed E-state index contributed by atoms with van der Waals surface area (Å²) in [6, 6.07) is 9.17. The second-order valence-corrected chi connectivity index (χ2v) is 6.29. The van der Waals surface area contributed by atoms with E-state index in [4.69, 9.17) is 16.0 Å². The summed E-state index contributed by atoms with van der Waals surface area (Å²) in [6.07, 6.45) is 3.42. The number of aryl methyl sites for hydroxylation is 1. The predicted octanol–water partition coefficient (Wildman–Crippen LogP) is 3.95. The summed E-state index contributed by atoms with van der Waals surface area (Å²) in [7, 11) is 0. The van der Waals surface area contributed by atoms with Crippen molar-refractivity contribution in [3.63, 3.8) is 0 Å². The van der Waals surface area contributed by atoms with Crippen molar-refractivity contribution in [3.05, 3.63) is 58.9 Å². The van der Waals surface area contributed by atoms with Gasteiger partial charge in [-0.1, -0.05) is 17.7 Å². The van der Waals surface area contributed by atoms with Gasteiger partial charge in [-0.25, -0.2) is 9.67 Å². The molecule has 1 amide bonds. The maximum absolute atomic E-state index is 12.4. The lowest BCUT2D eigenvalue weighted by Crippen LogP contribution is -2.13. The predicted molar refractivity (Wildman–Crippen MR) is 89.7 cm³/mol. The quantitative estimate of drug-likeness (QED) is 0.779. The molecule has 0 radical (unpaired) electrons. The van der Waals surface area contributed by atoms with Crippen LogP contribution < -0.4 is 5.32 Å². The van der Waals surface area contributed by atoms with Crippen LogP contribution in [0.1, 0.15) is 40.7 Å². The highest BCUT2D eigenvalue weighted by molar-refractivity contribution is 6.30. The first-order valence-corrected chi connectivity index (χ1v) is 8.07. The fourth-order valence-corrected chi connectivity index (χ4v) is 2.83. The molecule has 0 aliphatic heterocycles. The van der Waals surface area contributed by atoms with Gasteiger partial charge < -0.3 is 9.73 Å². The highest BCUT2D eigenvalue weighted by Gasteiger charge is 2.32. The average molecular weight is 343 g/mol. The molecule has 1 N–H and O–H groups in total. The second kappa shape index (κ2) is 5.79. The first kappa shape index (κ1) is 15.0. The molecule has 1 aromatic carbocycles. The summed E-state index contributed by atoms with van der Waals surface area (Å²) in [5.74, 6) is 0.739. The number of carbonyl (C=O) groups is 1. The van der Waals surface area contributed by atoms with E-state index in [0.29, 0.717) is 16.8 Å². The molecule has 1 aliphatic carbocycles. The Morgan fingerprint density at radius 2 is 2.21 bits per heavy atom. The van der Waals surface area contributed by atoms with Crippen molar-refractivity contribution < 1.29 is 9.21 Å². The van der Waals surface area contributed by atoms with Gasteiger partial charge in [0, 0.05) is 22.7 Å². The summed E-state index contributed by atoms with van der Waals surface area (Å²) < 4.78 is 6.99. The third kappa shape index (κ3) is 2.80. The molecule has 0 spiro atoms. The number of nitrogens with one attached hydrogen (secondary N) is 1. The van der Waals surface area contributed by atoms with Gasteiger partial charge >= 0.3 is 0 Å². The van der Waals surface area contributed by atoms with E-state index in [-0.39, 0.29) is 11.7 Å². The summed E-state index contributed by atoms with van der Waals surface area (Å²) in [5, 5.41) is 7.83. The van der Waals surface area contributed by atoms with Gasteiger partial charge in [0.1, 0.15) is 0 Å². The number of hydrogen-bond acceptors (Lipinski definition) is 4. The van der Waals surface area contributed by atoms with Crippen molar-refractivity contribution in [2.24, 2.45) is 0 Å². The Morgan fingerprint density at radius 1 is 1.38 bits per heavy atom. The van der Waals surface area contributed by atoms with Crippen LogP contribution in [0.4, 0.5) is 5.82 Å². The monoisotopic (exact) mass is 342 g/mol. The lowest BCUT2D eigenvalue weighted by Gasteiger charge is -2.04. The molecule has 6 nitrogen and oxygen atoms in total. The number of anilines is 1. The van der Waals surface area contributed by atoms with Gasteiger partial charge in [0.15, 0.2) is 12.2 Å². The van der Waals surface area contributed by atoms with Crippen LogP contribution in [0.5, 0.6) is 0 Å². The average Bonchev–Trinajstić information content (AvgIpc) is 3.16. The van der Waals surface area contributed by atoms with E-state index in [9.17, 15) is 4.79 Å². The normalized spacial score (nSPS) is 13.9. The molecule has 0 atom stereocenters. The van der Waals surface area contributed by atoms with E-state index in [1.165, 1.54) is 6.39 Å². The Labute approximate surface area is 143 Å². The van der Waals surface area contributed by atoms with Crippen molar-refractivity contribution in [1.29, 1.82) is 0 Å². The van der Waals surface area contributed by atoms with Gasteiger partial charge in [-0.2, -0.15) is 0 Å². The maximum atomic E-state index is 12.4. The molecule has 1 saturated carbocycles. The van der Waals surface area contributed by atoms with Gasteiger partial charge in [-0.15, -0.1) is 5.10 Å². The molecule has 3 aromatic rings. The van der Waals surface area contributed by atoms with Crippen molar-refractivity contribution in [1.82, 2.24) is 14.8 Å². The first-order chi connectivity index (χ1) is 11.6. The lowest BCUT2D eigenvalue weighted by molar-refractivity contribution is 0.0995. The topological polar surface area (TPSA) is 73.0 Å². The van der Waals surface area contributed by atoms with Crippen LogP contribution in [0.15, 0.2) is 41.1 Å². The summed E-state index contributed by atoms with van der Waals surface area (Å²) in [4.78, 5) is 16.6. The minimum Gasteiger partial charge on any atom is -0.438 e. The van der Waals surface area contributed by atoms with Crippen molar-refractivity contribution in [2.75, 3.05) is 5.32 Å². The standard InChI is InChI=1S/C17H15ClN4O2/c1-10-7-14(21-22(10)13-4-2-3-12(18)8-13)20-17(23)16-15(11-5-6-11)19-9-24-16/h2-4,7-9,11H,5-6H2,1H3,(H,20,21,23). The van der Waals surface area contributed by atoms with Crippen LogP contribution in [0.25, 0.3) is 5.69 Å². The van der Waals surface area contributed by atoms with Crippen molar-refractivity contribution >= 4 is 23.3 Å². The fraction of sp³-hybridized carbons (Fsp3) is 0.235. The van der Waals surface area contributed by atoms with E-state index in [2.05, 4.69) is 15.4 Å². The number of aromatic nitrogens is 3. The zero-order valence-corrected chi connectivity index (χ0v) is 13.7. The number of amides is 1. The van der Waals surface area contributed by atoms with E-state index in [0.717, 1.165) is 29.9 Å². The summed E-state index contributed by atoms with van der Waals surface area (Å²) >= 11 is 6.03. The lowest BCUT2D eigenvalue weighted by atomic mass is 10.2. The molecule has 7 heteroatoms. The molecular weight excluding hydrogens is 328 g/mol. The van der Waals surface area contributed by atoms with Gasteiger partial charge in [-0.3, -0.25) is 4.79 Å². The third-order valence-corrected chi connectivity index (χ3v) is 4.18. The number of carbonyl (C=O) groups excluding carboxylic acids is 1. The van der Waals surface area contributed by atoms with Crippen LogP contribution in [0.2, 0.25) is 5.02 Å². The van der Waals surface area contributed by atoms with Gasteiger partial charge in [0.25, 0.3) is 5.91 Å². The van der Waals surface area contributed by atoms with Gasteiger partial charge in [0.2, 0.25) is 5.76 Å². The molecule has 2 heterocycles. The molecular formula is C17H15ClN4O2. The Balaban J connectivity index is 1.58. The molecule has 4 rings (SSSR count). The number of halogens is 1. The smallest absolute Gasteiger partial charge is 0.294 e. The Hall–Kier alpha value is -2.60. The van der Waals surface area contributed by atoms with E-state index in [1.54, 1.807) is 16.8 Å². The van der Waals surface area contributed by atoms with Crippen LogP contribution in [-0.4, -0.2) is 20.7 Å². The largest absolute Gasteiger partial charge is 0.438 e. The Morgan fingerprint density at radius 3 is 2.96 bits per heavy atom. The molecule has 0 unspecified atom stereocenters. The molecule has 122 valence electrons. The van der Waals surface area contributed by atoms with E-state index >= 15 is 0 Å². The zero-order valence-electron chi connectivity index (χ0n) is 13.0. The van der Waals surface area contributed by atoms with Crippen molar-refractivity contribution in [3.8, 4) is 5.69 Å². The van der Waals surface area contributed by atoms with Crippen LogP contribution in [0.3, 0.4) is 0 Å². The molecule has 2 aromatic heterocycles.